The molecule has 13 heteroatoms. The third kappa shape index (κ3) is 5.66. The number of methoxy groups -OCH3 is 1. The van der Waals surface area contributed by atoms with Gasteiger partial charge in [-0.05, 0) is 43.3 Å². The number of thiophene rings is 1. The van der Waals surface area contributed by atoms with Crippen LogP contribution in [0.1, 0.15) is 27.0 Å². The van der Waals surface area contributed by atoms with Gasteiger partial charge in [-0.2, -0.15) is 0 Å². The molecule has 1 amide bonds. The van der Waals surface area contributed by atoms with E-state index in [1.54, 1.807) is 13.0 Å². The fourth-order valence-electron chi connectivity index (χ4n) is 3.08. The fourth-order valence-corrected chi connectivity index (χ4v) is 5.96. The summed E-state index contributed by atoms with van der Waals surface area (Å²) >= 11 is 6.75. The highest BCUT2D eigenvalue weighted by atomic mass is 35.5. The van der Waals surface area contributed by atoms with E-state index in [0.717, 1.165) is 28.6 Å². The zero-order valence-corrected chi connectivity index (χ0v) is 21.1. The first-order valence-electron chi connectivity index (χ1n) is 9.92. The second-order valence-corrected chi connectivity index (χ2v) is 10.6. The molecule has 2 N–H and O–H groups in total. The second kappa shape index (κ2) is 10.5. The minimum Gasteiger partial charge on any atom is -0.493 e. The maximum Gasteiger partial charge on any atom is 0.335 e. The van der Waals surface area contributed by atoms with Gasteiger partial charge in [-0.15, -0.1) is 11.3 Å². The molecule has 1 aromatic heterocycles. The van der Waals surface area contributed by atoms with Crippen molar-refractivity contribution >= 4 is 56.2 Å². The van der Waals surface area contributed by atoms with Crippen molar-refractivity contribution in [2.45, 2.75) is 11.8 Å². The Bertz CT molecular complexity index is 1390. The van der Waals surface area contributed by atoms with Gasteiger partial charge in [0, 0.05) is 18.8 Å². The molecule has 0 fully saturated rings. The van der Waals surface area contributed by atoms with Crippen molar-refractivity contribution in [3.63, 3.8) is 0 Å². The van der Waals surface area contributed by atoms with Gasteiger partial charge in [0.2, 0.25) is 0 Å². The van der Waals surface area contributed by atoms with Gasteiger partial charge in [0.25, 0.3) is 15.9 Å². The lowest BCUT2D eigenvalue weighted by Crippen LogP contribution is -2.28. The number of sulfonamides is 1. The van der Waals surface area contributed by atoms with Crippen LogP contribution < -0.4 is 19.1 Å². The van der Waals surface area contributed by atoms with Crippen LogP contribution >= 0.6 is 22.9 Å². The molecule has 186 valence electrons. The number of anilines is 2. The van der Waals surface area contributed by atoms with E-state index in [0.29, 0.717) is 29.4 Å². The van der Waals surface area contributed by atoms with Gasteiger partial charge in [0.15, 0.2) is 11.5 Å². The number of aromatic carboxylic acids is 1. The highest BCUT2D eigenvalue weighted by Crippen LogP contribution is 2.37. The molecule has 0 aliphatic heterocycles. The van der Waals surface area contributed by atoms with Crippen molar-refractivity contribution in [2.75, 3.05) is 30.4 Å². The van der Waals surface area contributed by atoms with Gasteiger partial charge < -0.3 is 19.9 Å². The summed E-state index contributed by atoms with van der Waals surface area (Å²) in [6.45, 7) is 2.18. The van der Waals surface area contributed by atoms with Crippen molar-refractivity contribution in [1.29, 1.82) is 0 Å². The highest BCUT2D eigenvalue weighted by Gasteiger charge is 2.30. The number of hydrogen-bond acceptors (Lipinski definition) is 7. The number of carbonyl (C=O) groups is 2. The summed E-state index contributed by atoms with van der Waals surface area (Å²) in [5.74, 6) is -2.44. The Morgan fingerprint density at radius 2 is 1.89 bits per heavy atom. The summed E-state index contributed by atoms with van der Waals surface area (Å²) in [5, 5.41) is 11.4. The van der Waals surface area contributed by atoms with Crippen LogP contribution in [0.15, 0.2) is 47.4 Å². The van der Waals surface area contributed by atoms with E-state index >= 15 is 0 Å². The lowest BCUT2D eigenvalue weighted by Gasteiger charge is -2.21. The lowest BCUT2D eigenvalue weighted by molar-refractivity contribution is 0.0696. The number of hydrogen-bond donors (Lipinski definition) is 2. The van der Waals surface area contributed by atoms with Gasteiger partial charge in [-0.3, -0.25) is 9.10 Å². The standard InChI is InChI=1S/C22H20ClFN2O7S2/c1-4-33-16-6-5-15(10-17(16)32-3)26(2)35(30,31)18-11-19(23)34-20(18)21(27)25-14-8-12(22(28)29)7-13(24)9-14/h5-11H,4H2,1-3H3,(H,25,27)(H,28,29). The molecular formula is C22H20ClFN2O7S2. The van der Waals surface area contributed by atoms with E-state index in [2.05, 4.69) is 5.32 Å². The van der Waals surface area contributed by atoms with Gasteiger partial charge in [0.05, 0.1) is 29.3 Å². The smallest absolute Gasteiger partial charge is 0.335 e. The summed E-state index contributed by atoms with van der Waals surface area (Å²) in [5.41, 5.74) is -0.318. The zero-order valence-electron chi connectivity index (χ0n) is 18.7. The summed E-state index contributed by atoms with van der Waals surface area (Å²) in [4.78, 5) is 23.4. The SMILES string of the molecule is CCOc1ccc(N(C)S(=O)(=O)c2cc(Cl)sc2C(=O)Nc2cc(F)cc(C(=O)O)c2)cc1OC. The molecule has 0 bridgehead atoms. The molecule has 0 aliphatic rings. The maximum atomic E-state index is 13.8. The predicted molar refractivity (Wildman–Crippen MR) is 130 cm³/mol. The van der Waals surface area contributed by atoms with E-state index < -0.39 is 27.7 Å². The minimum atomic E-state index is -4.29. The number of nitrogens with one attached hydrogen (secondary N) is 1. The van der Waals surface area contributed by atoms with Crippen molar-refractivity contribution in [3.05, 3.63) is 63.1 Å². The van der Waals surface area contributed by atoms with Crippen LogP contribution in [-0.2, 0) is 10.0 Å². The molecule has 0 saturated heterocycles. The first kappa shape index (κ1) is 26.3. The largest absolute Gasteiger partial charge is 0.493 e. The molecular weight excluding hydrogens is 523 g/mol. The second-order valence-electron chi connectivity index (χ2n) is 6.97. The van der Waals surface area contributed by atoms with Crippen molar-refractivity contribution in [2.24, 2.45) is 0 Å². The van der Waals surface area contributed by atoms with Gasteiger partial charge >= 0.3 is 5.97 Å². The van der Waals surface area contributed by atoms with Crippen molar-refractivity contribution < 1.29 is 37.0 Å². The van der Waals surface area contributed by atoms with E-state index in [1.807, 2.05) is 0 Å². The summed E-state index contributed by atoms with van der Waals surface area (Å²) in [7, 11) is -1.57. The Hall–Kier alpha value is -3.35. The molecule has 0 aliphatic carbocycles. The van der Waals surface area contributed by atoms with Crippen LogP contribution in [0.25, 0.3) is 0 Å². The molecule has 9 nitrogen and oxygen atoms in total. The van der Waals surface area contributed by atoms with Crippen molar-refractivity contribution in [3.8, 4) is 11.5 Å². The summed E-state index contributed by atoms with van der Waals surface area (Å²) in [6.07, 6.45) is 0. The number of carbonyl (C=O) groups excluding carboxylic acids is 1. The van der Waals surface area contributed by atoms with E-state index in [1.165, 1.54) is 26.3 Å². The third-order valence-electron chi connectivity index (χ3n) is 4.73. The van der Waals surface area contributed by atoms with Crippen LogP contribution in [0, 0.1) is 5.82 Å². The van der Waals surface area contributed by atoms with Crippen LogP contribution in [0.3, 0.4) is 0 Å². The molecule has 0 atom stereocenters. The average molecular weight is 543 g/mol. The number of carboxylic acids is 1. The number of ether oxygens (including phenoxy) is 2. The van der Waals surface area contributed by atoms with Crippen LogP contribution in [-0.4, -0.2) is 46.2 Å². The lowest BCUT2D eigenvalue weighted by atomic mass is 10.2. The Morgan fingerprint density at radius 3 is 2.51 bits per heavy atom. The number of rotatable bonds is 9. The van der Waals surface area contributed by atoms with Crippen LogP contribution in [0.5, 0.6) is 11.5 Å². The van der Waals surface area contributed by atoms with Crippen LogP contribution in [0.4, 0.5) is 15.8 Å². The molecule has 0 spiro atoms. The van der Waals surface area contributed by atoms with E-state index in [-0.39, 0.29) is 31.0 Å². The van der Waals surface area contributed by atoms with E-state index in [9.17, 15) is 22.4 Å². The Morgan fingerprint density at radius 1 is 1.17 bits per heavy atom. The first-order chi connectivity index (χ1) is 16.5. The maximum absolute atomic E-state index is 13.8. The molecule has 0 radical (unpaired) electrons. The third-order valence-corrected chi connectivity index (χ3v) is 7.93. The minimum absolute atomic E-state index is 0.0249. The number of benzene rings is 2. The number of nitrogens with zero attached hydrogens (tertiary/aromatic N) is 1. The molecule has 2 aromatic carbocycles. The number of carboxylic acid groups (broad SMARTS) is 1. The van der Waals surface area contributed by atoms with Gasteiger partial charge in [-0.25, -0.2) is 17.6 Å². The molecule has 0 saturated carbocycles. The van der Waals surface area contributed by atoms with Gasteiger partial charge in [0.1, 0.15) is 15.6 Å². The quantitative estimate of drug-likeness (QED) is 0.401. The zero-order chi connectivity index (χ0) is 25.9. The topological polar surface area (TPSA) is 122 Å². The van der Waals surface area contributed by atoms with E-state index in [4.69, 9.17) is 26.2 Å². The molecule has 3 rings (SSSR count). The fraction of sp³-hybridized carbons (Fsp3) is 0.182. The summed E-state index contributed by atoms with van der Waals surface area (Å²) < 4.78 is 52.3. The predicted octanol–water partition coefficient (Wildman–Crippen LogP) is 4.72. The van der Waals surface area contributed by atoms with Gasteiger partial charge in [-0.1, -0.05) is 11.6 Å². The molecule has 1 heterocycles. The molecule has 35 heavy (non-hydrogen) atoms. The number of amides is 1. The normalized spacial score (nSPS) is 11.1. The van der Waals surface area contributed by atoms with Crippen LogP contribution in [0.2, 0.25) is 4.34 Å². The Balaban J connectivity index is 1.97. The first-order valence-corrected chi connectivity index (χ1v) is 12.6. The Kier molecular flexibility index (Phi) is 7.88. The Labute approximate surface area is 209 Å². The number of halogens is 2. The monoisotopic (exact) mass is 542 g/mol. The molecule has 3 aromatic rings. The summed E-state index contributed by atoms with van der Waals surface area (Å²) in [6, 6.07) is 8.41. The highest BCUT2D eigenvalue weighted by molar-refractivity contribution is 7.93. The molecule has 0 unspecified atom stereocenters. The van der Waals surface area contributed by atoms with Crippen molar-refractivity contribution in [1.82, 2.24) is 0 Å². The average Bonchev–Trinajstić information content (AvgIpc) is 3.21.